The van der Waals surface area contributed by atoms with E-state index in [1.807, 2.05) is 30.3 Å². The second-order valence-electron chi connectivity index (χ2n) is 3.41. The molecule has 2 heterocycles. The summed E-state index contributed by atoms with van der Waals surface area (Å²) in [5, 5.41) is 1.08. The maximum absolute atomic E-state index is 5.74. The monoisotopic (exact) mass is 228 g/mol. The molecular formula is C11H8N4S. The molecule has 0 saturated carbocycles. The third-order valence-corrected chi connectivity index (χ3v) is 2.93. The Balaban J connectivity index is 2.23. The maximum atomic E-state index is 5.74. The van der Waals surface area contributed by atoms with Crippen LogP contribution in [0.15, 0.2) is 36.5 Å². The molecule has 0 unspecified atom stereocenters. The zero-order valence-corrected chi connectivity index (χ0v) is 9.11. The molecule has 0 aliphatic carbocycles. The second-order valence-corrected chi connectivity index (χ2v) is 3.94. The Labute approximate surface area is 96.1 Å². The molecule has 5 heteroatoms. The van der Waals surface area contributed by atoms with Crippen molar-refractivity contribution in [2.45, 2.75) is 0 Å². The summed E-state index contributed by atoms with van der Waals surface area (Å²) in [6.07, 6.45) is 1.78. The minimum atomic E-state index is 0.480. The number of nitrogens with zero attached hydrogens (tertiary/aromatic N) is 3. The van der Waals surface area contributed by atoms with Crippen LogP contribution in [0.3, 0.4) is 0 Å². The van der Waals surface area contributed by atoms with E-state index in [1.54, 1.807) is 6.20 Å². The van der Waals surface area contributed by atoms with Crippen LogP contribution in [0.5, 0.6) is 0 Å². The van der Waals surface area contributed by atoms with E-state index in [1.165, 1.54) is 0 Å². The van der Waals surface area contributed by atoms with Gasteiger partial charge in [-0.05, 0) is 18.2 Å². The van der Waals surface area contributed by atoms with Crippen molar-refractivity contribution in [1.82, 2.24) is 13.7 Å². The Morgan fingerprint density at radius 2 is 2.06 bits per heavy atom. The van der Waals surface area contributed by atoms with E-state index in [4.69, 9.17) is 5.73 Å². The molecule has 78 valence electrons. The van der Waals surface area contributed by atoms with Crippen LogP contribution in [0.25, 0.3) is 22.2 Å². The van der Waals surface area contributed by atoms with Crippen molar-refractivity contribution >= 4 is 28.4 Å². The first-order valence-electron chi connectivity index (χ1n) is 4.78. The molecule has 2 N–H and O–H groups in total. The lowest BCUT2D eigenvalue weighted by Gasteiger charge is -2.00. The van der Waals surface area contributed by atoms with Gasteiger partial charge in [-0.2, -0.15) is 8.75 Å². The summed E-state index contributed by atoms with van der Waals surface area (Å²) in [7, 11) is 0. The minimum Gasteiger partial charge on any atom is -0.381 e. The van der Waals surface area contributed by atoms with Crippen molar-refractivity contribution in [2.75, 3.05) is 5.73 Å². The van der Waals surface area contributed by atoms with Gasteiger partial charge in [0.15, 0.2) is 5.82 Å². The molecule has 3 rings (SSSR count). The van der Waals surface area contributed by atoms with Gasteiger partial charge >= 0.3 is 0 Å². The van der Waals surface area contributed by atoms with E-state index in [0.717, 1.165) is 33.9 Å². The number of rotatable bonds is 1. The first-order chi connectivity index (χ1) is 7.84. The molecular weight excluding hydrogens is 220 g/mol. The van der Waals surface area contributed by atoms with E-state index in [0.29, 0.717) is 5.82 Å². The van der Waals surface area contributed by atoms with Crippen LogP contribution in [-0.4, -0.2) is 13.7 Å². The molecule has 0 bridgehead atoms. The average molecular weight is 228 g/mol. The van der Waals surface area contributed by atoms with Crippen molar-refractivity contribution in [2.24, 2.45) is 0 Å². The lowest BCUT2D eigenvalue weighted by Crippen LogP contribution is -1.88. The molecule has 0 spiro atoms. The summed E-state index contributed by atoms with van der Waals surface area (Å²) in [6, 6.07) is 9.87. The lowest BCUT2D eigenvalue weighted by atomic mass is 10.1. The summed E-state index contributed by atoms with van der Waals surface area (Å²) in [4.78, 5) is 4.26. The Morgan fingerprint density at radius 1 is 1.12 bits per heavy atom. The molecule has 4 nitrogen and oxygen atoms in total. The van der Waals surface area contributed by atoms with E-state index in [2.05, 4.69) is 13.7 Å². The highest BCUT2D eigenvalue weighted by molar-refractivity contribution is 6.99. The normalized spacial score (nSPS) is 10.8. The Bertz CT molecular complexity index is 647. The van der Waals surface area contributed by atoms with Crippen LogP contribution in [0, 0.1) is 0 Å². The summed E-state index contributed by atoms with van der Waals surface area (Å²) in [5.74, 6) is 0.480. The van der Waals surface area contributed by atoms with Crippen LogP contribution in [0.4, 0.5) is 5.82 Å². The molecule has 16 heavy (non-hydrogen) atoms. The van der Waals surface area contributed by atoms with Crippen LogP contribution < -0.4 is 5.73 Å². The average Bonchev–Trinajstić information content (AvgIpc) is 2.75. The summed E-state index contributed by atoms with van der Waals surface area (Å²) >= 11 is 1.13. The number of nitrogen functional groups attached to an aromatic ring is 1. The summed E-state index contributed by atoms with van der Waals surface area (Å²) < 4.78 is 8.14. The van der Waals surface area contributed by atoms with Gasteiger partial charge in [0.2, 0.25) is 0 Å². The molecule has 0 radical (unpaired) electrons. The SMILES string of the molecule is Nc1nsnc1-c1ccc2ncccc2c1. The van der Waals surface area contributed by atoms with E-state index in [-0.39, 0.29) is 0 Å². The first-order valence-corrected chi connectivity index (χ1v) is 5.51. The van der Waals surface area contributed by atoms with Crippen molar-refractivity contribution in [3.05, 3.63) is 36.5 Å². The zero-order valence-electron chi connectivity index (χ0n) is 8.29. The third-order valence-electron chi connectivity index (χ3n) is 2.39. The van der Waals surface area contributed by atoms with Gasteiger partial charge < -0.3 is 5.73 Å². The molecule has 0 amide bonds. The Kier molecular flexibility index (Phi) is 2.04. The van der Waals surface area contributed by atoms with Crippen LogP contribution in [0.1, 0.15) is 0 Å². The molecule has 0 saturated heterocycles. The predicted octanol–water partition coefficient (Wildman–Crippen LogP) is 2.34. The van der Waals surface area contributed by atoms with Crippen molar-refractivity contribution in [1.29, 1.82) is 0 Å². The van der Waals surface area contributed by atoms with Gasteiger partial charge in [-0.3, -0.25) is 4.98 Å². The number of benzene rings is 1. The molecule has 2 aromatic heterocycles. The number of fused-ring (bicyclic) bond motifs is 1. The highest BCUT2D eigenvalue weighted by Gasteiger charge is 2.07. The van der Waals surface area contributed by atoms with Gasteiger partial charge in [0.1, 0.15) is 5.69 Å². The standard InChI is InChI=1S/C11H8N4S/c12-11-10(14-16-15-11)8-3-4-9-7(6-8)2-1-5-13-9/h1-6H,(H2,12,15). The summed E-state index contributed by atoms with van der Waals surface area (Å²) in [6.45, 7) is 0. The van der Waals surface area contributed by atoms with E-state index in [9.17, 15) is 0 Å². The van der Waals surface area contributed by atoms with Crippen LogP contribution >= 0.6 is 11.7 Å². The van der Waals surface area contributed by atoms with Crippen molar-refractivity contribution < 1.29 is 0 Å². The van der Waals surface area contributed by atoms with Crippen LogP contribution in [0.2, 0.25) is 0 Å². The highest BCUT2D eigenvalue weighted by Crippen LogP contribution is 2.26. The smallest absolute Gasteiger partial charge is 0.165 e. The van der Waals surface area contributed by atoms with E-state index >= 15 is 0 Å². The molecule has 0 fully saturated rings. The Hall–Kier alpha value is -2.01. The van der Waals surface area contributed by atoms with Gasteiger partial charge in [-0.15, -0.1) is 0 Å². The van der Waals surface area contributed by atoms with Crippen LogP contribution in [-0.2, 0) is 0 Å². The minimum absolute atomic E-state index is 0.480. The molecule has 1 aromatic carbocycles. The fourth-order valence-electron chi connectivity index (χ4n) is 1.62. The predicted molar refractivity (Wildman–Crippen MR) is 65.1 cm³/mol. The third kappa shape index (κ3) is 1.42. The van der Waals surface area contributed by atoms with Gasteiger partial charge in [-0.1, -0.05) is 12.1 Å². The number of nitrogens with two attached hydrogens (primary N) is 1. The van der Waals surface area contributed by atoms with Gasteiger partial charge in [0.25, 0.3) is 0 Å². The second kappa shape index (κ2) is 3.53. The van der Waals surface area contributed by atoms with E-state index < -0.39 is 0 Å². The van der Waals surface area contributed by atoms with Crippen molar-refractivity contribution in [3.8, 4) is 11.3 Å². The van der Waals surface area contributed by atoms with Crippen molar-refractivity contribution in [3.63, 3.8) is 0 Å². The number of hydrogen-bond donors (Lipinski definition) is 1. The van der Waals surface area contributed by atoms with Gasteiger partial charge in [0.05, 0.1) is 17.2 Å². The largest absolute Gasteiger partial charge is 0.381 e. The molecule has 0 atom stereocenters. The number of pyridine rings is 1. The zero-order chi connectivity index (χ0) is 11.0. The first kappa shape index (κ1) is 9.23. The fraction of sp³-hybridized carbons (Fsp3) is 0. The molecule has 0 aliphatic rings. The molecule has 0 aliphatic heterocycles. The number of hydrogen-bond acceptors (Lipinski definition) is 5. The topological polar surface area (TPSA) is 64.7 Å². The number of anilines is 1. The maximum Gasteiger partial charge on any atom is 0.165 e. The van der Waals surface area contributed by atoms with Gasteiger partial charge in [0, 0.05) is 17.1 Å². The number of aromatic nitrogens is 3. The fourth-order valence-corrected chi connectivity index (χ4v) is 2.11. The quantitative estimate of drug-likeness (QED) is 0.694. The summed E-state index contributed by atoms with van der Waals surface area (Å²) in [5.41, 5.74) is 8.43. The lowest BCUT2D eigenvalue weighted by molar-refractivity contribution is 1.41. The Morgan fingerprint density at radius 3 is 2.88 bits per heavy atom. The van der Waals surface area contributed by atoms with Gasteiger partial charge in [-0.25, -0.2) is 0 Å². The highest BCUT2D eigenvalue weighted by atomic mass is 32.1. The molecule has 3 aromatic rings.